The number of hydrogen-bond donors (Lipinski definition) is 1. The zero-order chi connectivity index (χ0) is 13.0. The molecule has 1 N–H and O–H groups in total. The average Bonchev–Trinajstić information content (AvgIpc) is 2.86. The number of hydrogen-bond acceptors (Lipinski definition) is 2. The number of para-hydroxylation sites is 1. The predicted octanol–water partition coefficient (Wildman–Crippen LogP) is 2.18. The maximum atomic E-state index is 12.0. The Morgan fingerprint density at radius 3 is 2.78 bits per heavy atom. The molecule has 0 saturated heterocycles. The summed E-state index contributed by atoms with van der Waals surface area (Å²) < 4.78 is 1.76. The topological polar surface area (TPSA) is 46.9 Å². The summed E-state index contributed by atoms with van der Waals surface area (Å²) in [7, 11) is 0. The zero-order valence-corrected chi connectivity index (χ0v) is 10.3. The monoisotopic (exact) mass is 241 g/mol. The van der Waals surface area contributed by atoms with Gasteiger partial charge in [0.15, 0.2) is 0 Å². The number of benzene rings is 1. The van der Waals surface area contributed by atoms with Gasteiger partial charge < -0.3 is 5.32 Å². The molecule has 1 aromatic heterocycles. The number of amides is 1. The van der Waals surface area contributed by atoms with Gasteiger partial charge in [-0.3, -0.25) is 9.36 Å². The van der Waals surface area contributed by atoms with Gasteiger partial charge in [0.25, 0.3) is 5.91 Å². The summed E-state index contributed by atoms with van der Waals surface area (Å²) in [5.41, 5.74) is 2.34. The molecule has 0 aliphatic heterocycles. The number of rotatable bonds is 4. The maximum Gasteiger partial charge on any atom is 0.270 e. The molecule has 92 valence electrons. The molecule has 1 aromatic carbocycles. The van der Waals surface area contributed by atoms with E-state index in [1.807, 2.05) is 37.3 Å². The Morgan fingerprint density at radius 2 is 2.11 bits per heavy atom. The van der Waals surface area contributed by atoms with Crippen LogP contribution in [0.1, 0.15) is 17.4 Å². The molecule has 0 fully saturated rings. The highest BCUT2D eigenvalue weighted by Gasteiger charge is 2.12. The Kier molecular flexibility index (Phi) is 3.57. The molecule has 0 aliphatic rings. The molecule has 0 unspecified atom stereocenters. The van der Waals surface area contributed by atoms with Crippen molar-refractivity contribution in [2.75, 3.05) is 6.54 Å². The second kappa shape index (κ2) is 5.31. The standard InChI is InChI=1S/C14H15N3O/c1-11(2)8-16-14(18)13-9-15-10-17(13)12-6-4-3-5-7-12/h3-7,9-10H,1,8H2,2H3,(H,16,18). The van der Waals surface area contributed by atoms with Crippen LogP contribution < -0.4 is 5.32 Å². The Balaban J connectivity index is 2.23. The highest BCUT2D eigenvalue weighted by atomic mass is 16.1. The van der Waals surface area contributed by atoms with E-state index >= 15 is 0 Å². The van der Waals surface area contributed by atoms with Gasteiger partial charge in [0.1, 0.15) is 5.69 Å². The third-order valence-electron chi connectivity index (χ3n) is 2.46. The van der Waals surface area contributed by atoms with Crippen LogP contribution in [0.25, 0.3) is 5.69 Å². The molecule has 4 nitrogen and oxygen atoms in total. The van der Waals surface area contributed by atoms with Crippen LogP contribution in [0.2, 0.25) is 0 Å². The molecule has 1 heterocycles. The third kappa shape index (κ3) is 2.66. The summed E-state index contributed by atoms with van der Waals surface area (Å²) >= 11 is 0. The maximum absolute atomic E-state index is 12.0. The van der Waals surface area contributed by atoms with Crippen LogP contribution in [0.15, 0.2) is 55.0 Å². The van der Waals surface area contributed by atoms with Crippen molar-refractivity contribution >= 4 is 5.91 Å². The SMILES string of the molecule is C=C(C)CNC(=O)c1cncn1-c1ccccc1. The number of nitrogens with one attached hydrogen (secondary N) is 1. The number of carbonyl (C=O) groups is 1. The van der Waals surface area contributed by atoms with Crippen LogP contribution in [0.4, 0.5) is 0 Å². The molecular weight excluding hydrogens is 226 g/mol. The van der Waals surface area contributed by atoms with Gasteiger partial charge in [0.05, 0.1) is 12.5 Å². The van der Waals surface area contributed by atoms with Gasteiger partial charge in [-0.2, -0.15) is 0 Å². The van der Waals surface area contributed by atoms with E-state index in [1.54, 1.807) is 17.1 Å². The first kappa shape index (κ1) is 12.1. The first-order valence-corrected chi connectivity index (χ1v) is 5.69. The van der Waals surface area contributed by atoms with E-state index in [4.69, 9.17) is 0 Å². The fraction of sp³-hybridized carbons (Fsp3) is 0.143. The van der Waals surface area contributed by atoms with Gasteiger partial charge >= 0.3 is 0 Å². The van der Waals surface area contributed by atoms with Crippen LogP contribution in [0, 0.1) is 0 Å². The van der Waals surface area contributed by atoms with Gasteiger partial charge in [0, 0.05) is 12.2 Å². The summed E-state index contributed by atoms with van der Waals surface area (Å²) in [6, 6.07) is 9.63. The summed E-state index contributed by atoms with van der Waals surface area (Å²) in [6.07, 6.45) is 3.19. The summed E-state index contributed by atoms with van der Waals surface area (Å²) in [5, 5.41) is 2.80. The van der Waals surface area contributed by atoms with Gasteiger partial charge in [-0.05, 0) is 19.1 Å². The number of nitrogens with zero attached hydrogens (tertiary/aromatic N) is 2. The molecule has 18 heavy (non-hydrogen) atoms. The van der Waals surface area contributed by atoms with Gasteiger partial charge in [-0.25, -0.2) is 4.98 Å². The fourth-order valence-electron chi connectivity index (χ4n) is 1.58. The average molecular weight is 241 g/mol. The Hall–Kier alpha value is -2.36. The van der Waals surface area contributed by atoms with E-state index in [0.29, 0.717) is 12.2 Å². The smallest absolute Gasteiger partial charge is 0.270 e. The third-order valence-corrected chi connectivity index (χ3v) is 2.46. The van der Waals surface area contributed by atoms with Crippen molar-refractivity contribution in [2.24, 2.45) is 0 Å². The van der Waals surface area contributed by atoms with Crippen molar-refractivity contribution in [3.63, 3.8) is 0 Å². The second-order valence-electron chi connectivity index (χ2n) is 4.12. The molecule has 0 radical (unpaired) electrons. The quantitative estimate of drug-likeness (QED) is 0.834. The van der Waals surface area contributed by atoms with Crippen molar-refractivity contribution in [1.82, 2.24) is 14.9 Å². The molecule has 0 spiro atoms. The molecular formula is C14H15N3O. The molecule has 2 aromatic rings. The highest BCUT2D eigenvalue weighted by molar-refractivity contribution is 5.93. The Labute approximate surface area is 106 Å². The first-order chi connectivity index (χ1) is 8.68. The van der Waals surface area contributed by atoms with Crippen molar-refractivity contribution in [3.8, 4) is 5.69 Å². The predicted molar refractivity (Wildman–Crippen MR) is 70.7 cm³/mol. The minimum Gasteiger partial charge on any atom is -0.347 e. The van der Waals surface area contributed by atoms with Crippen LogP contribution in [-0.4, -0.2) is 22.0 Å². The summed E-state index contributed by atoms with van der Waals surface area (Å²) in [4.78, 5) is 16.0. The van der Waals surface area contributed by atoms with Crippen molar-refractivity contribution in [1.29, 1.82) is 0 Å². The zero-order valence-electron chi connectivity index (χ0n) is 10.3. The largest absolute Gasteiger partial charge is 0.347 e. The van der Waals surface area contributed by atoms with Gasteiger partial charge in [0.2, 0.25) is 0 Å². The molecule has 0 aliphatic carbocycles. The molecule has 4 heteroatoms. The Morgan fingerprint density at radius 1 is 1.39 bits per heavy atom. The van der Waals surface area contributed by atoms with Gasteiger partial charge in [-0.1, -0.05) is 30.4 Å². The fourth-order valence-corrected chi connectivity index (χ4v) is 1.58. The number of imidazole rings is 1. The van der Waals surface area contributed by atoms with E-state index in [-0.39, 0.29) is 5.91 Å². The molecule has 0 atom stereocenters. The lowest BCUT2D eigenvalue weighted by Gasteiger charge is -2.08. The highest BCUT2D eigenvalue weighted by Crippen LogP contribution is 2.10. The van der Waals surface area contributed by atoms with E-state index in [2.05, 4.69) is 16.9 Å². The summed E-state index contributed by atoms with van der Waals surface area (Å²) in [6.45, 7) is 6.09. The minimum absolute atomic E-state index is 0.153. The second-order valence-corrected chi connectivity index (χ2v) is 4.12. The van der Waals surface area contributed by atoms with Gasteiger partial charge in [-0.15, -0.1) is 0 Å². The van der Waals surface area contributed by atoms with E-state index < -0.39 is 0 Å². The summed E-state index contributed by atoms with van der Waals surface area (Å²) in [5.74, 6) is -0.153. The lowest BCUT2D eigenvalue weighted by atomic mass is 10.3. The van der Waals surface area contributed by atoms with Crippen LogP contribution in [-0.2, 0) is 0 Å². The van der Waals surface area contributed by atoms with Crippen molar-refractivity contribution in [2.45, 2.75) is 6.92 Å². The molecule has 0 saturated carbocycles. The Bertz CT molecular complexity index is 557. The van der Waals surface area contributed by atoms with Crippen molar-refractivity contribution in [3.05, 3.63) is 60.7 Å². The molecule has 2 rings (SSSR count). The first-order valence-electron chi connectivity index (χ1n) is 5.69. The number of carbonyl (C=O) groups excluding carboxylic acids is 1. The van der Waals surface area contributed by atoms with E-state index in [9.17, 15) is 4.79 Å². The van der Waals surface area contributed by atoms with E-state index in [0.717, 1.165) is 11.3 Å². The molecule has 1 amide bonds. The molecule has 0 bridgehead atoms. The van der Waals surface area contributed by atoms with Crippen molar-refractivity contribution < 1.29 is 4.79 Å². The van der Waals surface area contributed by atoms with Crippen LogP contribution >= 0.6 is 0 Å². The lowest BCUT2D eigenvalue weighted by molar-refractivity contribution is 0.0950. The number of aromatic nitrogens is 2. The minimum atomic E-state index is -0.153. The van der Waals surface area contributed by atoms with Crippen LogP contribution in [0.5, 0.6) is 0 Å². The normalized spacial score (nSPS) is 10.1. The van der Waals surface area contributed by atoms with E-state index in [1.165, 1.54) is 0 Å². The van der Waals surface area contributed by atoms with Crippen LogP contribution in [0.3, 0.4) is 0 Å². The lowest BCUT2D eigenvalue weighted by Crippen LogP contribution is -2.26.